The maximum Gasteiger partial charge on any atom is 0.0895 e. The van der Waals surface area contributed by atoms with Crippen LogP contribution in [0.2, 0.25) is 0 Å². The van der Waals surface area contributed by atoms with Gasteiger partial charge in [-0.25, -0.2) is 0 Å². The van der Waals surface area contributed by atoms with E-state index in [1.165, 1.54) is 0 Å². The van der Waals surface area contributed by atoms with Crippen LogP contribution in [-0.4, -0.2) is 10.1 Å². The first-order valence-electron chi connectivity index (χ1n) is 4.19. The molecule has 13 heavy (non-hydrogen) atoms. The summed E-state index contributed by atoms with van der Waals surface area (Å²) in [7, 11) is 0. The van der Waals surface area contributed by atoms with Gasteiger partial charge in [0.05, 0.1) is 5.76 Å². The Bertz CT molecular complexity index is 442. The number of aromatic amines is 1. The van der Waals surface area contributed by atoms with Crippen LogP contribution in [0.5, 0.6) is 0 Å². The van der Waals surface area contributed by atoms with E-state index in [2.05, 4.69) is 11.6 Å². The van der Waals surface area contributed by atoms with Crippen LogP contribution in [0, 0.1) is 0 Å². The van der Waals surface area contributed by atoms with Crippen molar-refractivity contribution in [2.75, 3.05) is 0 Å². The molecule has 1 aromatic heterocycles. The smallest absolute Gasteiger partial charge is 0.0895 e. The Morgan fingerprint density at radius 3 is 2.92 bits per heavy atom. The highest BCUT2D eigenvalue weighted by molar-refractivity contribution is 5.83. The molecular formula is C11H11NO. The normalized spacial score (nSPS) is 10.5. The van der Waals surface area contributed by atoms with Crippen LogP contribution in [0.3, 0.4) is 0 Å². The number of rotatable bonds is 2. The molecule has 0 spiro atoms. The predicted molar refractivity (Wildman–Crippen MR) is 53.8 cm³/mol. The minimum Gasteiger partial charge on any atom is -0.513 e. The second kappa shape index (κ2) is 2.98. The zero-order chi connectivity index (χ0) is 9.26. The Hall–Kier alpha value is -1.70. The predicted octanol–water partition coefficient (Wildman–Crippen LogP) is 2.78. The van der Waals surface area contributed by atoms with Crippen molar-refractivity contribution in [1.29, 1.82) is 0 Å². The number of fused-ring (bicyclic) bond motifs is 1. The van der Waals surface area contributed by atoms with Gasteiger partial charge in [-0.2, -0.15) is 0 Å². The number of aromatic nitrogens is 1. The molecule has 0 bridgehead atoms. The molecule has 1 aromatic carbocycles. The Kier molecular flexibility index (Phi) is 1.81. The van der Waals surface area contributed by atoms with Crippen LogP contribution in [0.4, 0.5) is 0 Å². The molecule has 2 heteroatoms. The summed E-state index contributed by atoms with van der Waals surface area (Å²) >= 11 is 0. The quantitative estimate of drug-likeness (QED) is 0.673. The minimum atomic E-state index is 0.199. The monoisotopic (exact) mass is 173 g/mol. The summed E-state index contributed by atoms with van der Waals surface area (Å²) in [5.74, 6) is 0.199. The number of hydrogen-bond acceptors (Lipinski definition) is 1. The molecule has 66 valence electrons. The number of aliphatic hydroxyl groups is 1. The first-order valence-corrected chi connectivity index (χ1v) is 4.19. The zero-order valence-corrected chi connectivity index (χ0v) is 7.25. The Morgan fingerprint density at radius 2 is 2.15 bits per heavy atom. The number of benzene rings is 1. The number of allylic oxidation sites excluding steroid dienone is 1. The molecule has 0 radical (unpaired) electrons. The maximum atomic E-state index is 9.08. The lowest BCUT2D eigenvalue weighted by Crippen LogP contribution is -1.84. The summed E-state index contributed by atoms with van der Waals surface area (Å²) in [5.41, 5.74) is 2.18. The third-order valence-corrected chi connectivity index (χ3v) is 2.07. The largest absolute Gasteiger partial charge is 0.513 e. The van der Waals surface area contributed by atoms with Gasteiger partial charge >= 0.3 is 0 Å². The van der Waals surface area contributed by atoms with E-state index >= 15 is 0 Å². The van der Waals surface area contributed by atoms with Crippen LogP contribution in [-0.2, 0) is 6.42 Å². The summed E-state index contributed by atoms with van der Waals surface area (Å²) in [6.45, 7) is 3.48. The van der Waals surface area contributed by atoms with Crippen LogP contribution in [0.15, 0.2) is 42.8 Å². The number of H-pyrrole nitrogens is 1. The van der Waals surface area contributed by atoms with Crippen molar-refractivity contribution in [3.63, 3.8) is 0 Å². The van der Waals surface area contributed by atoms with E-state index in [1.54, 1.807) is 0 Å². The summed E-state index contributed by atoms with van der Waals surface area (Å²) in [5, 5.41) is 10.2. The van der Waals surface area contributed by atoms with Gasteiger partial charge in [-0.1, -0.05) is 24.8 Å². The number of para-hydroxylation sites is 1. The van der Waals surface area contributed by atoms with E-state index < -0.39 is 0 Å². The fourth-order valence-corrected chi connectivity index (χ4v) is 1.50. The molecule has 0 aliphatic heterocycles. The third-order valence-electron chi connectivity index (χ3n) is 2.07. The zero-order valence-electron chi connectivity index (χ0n) is 7.25. The van der Waals surface area contributed by atoms with Gasteiger partial charge in [0.2, 0.25) is 0 Å². The van der Waals surface area contributed by atoms with Crippen molar-refractivity contribution in [3.05, 3.63) is 48.4 Å². The Balaban J connectivity index is 2.51. The fraction of sp³-hybridized carbons (Fsp3) is 0.0909. The average molecular weight is 173 g/mol. The number of nitrogens with one attached hydrogen (secondary N) is 1. The highest BCUT2D eigenvalue weighted by Crippen LogP contribution is 2.19. The van der Waals surface area contributed by atoms with Crippen molar-refractivity contribution in [2.45, 2.75) is 6.42 Å². The van der Waals surface area contributed by atoms with E-state index in [9.17, 15) is 0 Å². The molecule has 2 aromatic rings. The van der Waals surface area contributed by atoms with Crippen LogP contribution >= 0.6 is 0 Å². The second-order valence-corrected chi connectivity index (χ2v) is 3.10. The topological polar surface area (TPSA) is 36.0 Å². The highest BCUT2D eigenvalue weighted by atomic mass is 16.3. The molecule has 0 saturated heterocycles. The lowest BCUT2D eigenvalue weighted by atomic mass is 10.1. The van der Waals surface area contributed by atoms with E-state index in [4.69, 9.17) is 5.11 Å². The Morgan fingerprint density at radius 1 is 1.38 bits per heavy atom. The molecule has 2 nitrogen and oxygen atoms in total. The third kappa shape index (κ3) is 1.43. The molecule has 2 N–H and O–H groups in total. The molecule has 0 fully saturated rings. The van der Waals surface area contributed by atoms with E-state index in [1.807, 2.05) is 30.5 Å². The highest BCUT2D eigenvalue weighted by Gasteiger charge is 2.02. The maximum absolute atomic E-state index is 9.08. The van der Waals surface area contributed by atoms with Gasteiger partial charge < -0.3 is 10.1 Å². The molecule has 0 atom stereocenters. The molecular weight excluding hydrogens is 162 g/mol. The van der Waals surface area contributed by atoms with Crippen LogP contribution in [0.1, 0.15) is 5.56 Å². The van der Waals surface area contributed by atoms with Gasteiger partial charge in [0, 0.05) is 23.5 Å². The lowest BCUT2D eigenvalue weighted by molar-refractivity contribution is 0.402. The van der Waals surface area contributed by atoms with Crippen molar-refractivity contribution in [2.24, 2.45) is 0 Å². The van der Waals surface area contributed by atoms with E-state index in [0.717, 1.165) is 16.5 Å². The lowest BCUT2D eigenvalue weighted by Gasteiger charge is -1.95. The standard InChI is InChI=1S/C11H11NO/c1-8(13)6-9-7-12-11-5-3-2-4-10(9)11/h2-5,7,12-13H,1,6H2. The number of hydrogen-bond donors (Lipinski definition) is 2. The van der Waals surface area contributed by atoms with Crippen molar-refractivity contribution in [1.82, 2.24) is 4.98 Å². The van der Waals surface area contributed by atoms with E-state index in [0.29, 0.717) is 6.42 Å². The summed E-state index contributed by atoms with van der Waals surface area (Å²) < 4.78 is 0. The molecule has 0 unspecified atom stereocenters. The van der Waals surface area contributed by atoms with Gasteiger partial charge in [0.15, 0.2) is 0 Å². The summed E-state index contributed by atoms with van der Waals surface area (Å²) in [6, 6.07) is 8.01. The SMILES string of the molecule is C=C(O)Cc1c[nH]c2ccccc12. The van der Waals surface area contributed by atoms with Gasteiger partial charge in [-0.05, 0) is 11.6 Å². The van der Waals surface area contributed by atoms with Crippen molar-refractivity contribution < 1.29 is 5.11 Å². The summed E-state index contributed by atoms with van der Waals surface area (Å²) in [6.07, 6.45) is 2.43. The fourth-order valence-electron chi connectivity index (χ4n) is 1.50. The molecule has 0 amide bonds. The minimum absolute atomic E-state index is 0.199. The molecule has 1 heterocycles. The average Bonchev–Trinajstić information content (AvgIpc) is 2.48. The van der Waals surface area contributed by atoms with Gasteiger partial charge in [-0.15, -0.1) is 0 Å². The van der Waals surface area contributed by atoms with Gasteiger partial charge in [-0.3, -0.25) is 0 Å². The first-order chi connectivity index (χ1) is 6.27. The molecule has 0 aliphatic rings. The first kappa shape index (κ1) is 7.92. The number of aliphatic hydroxyl groups excluding tert-OH is 1. The Labute approximate surface area is 76.5 Å². The molecule has 0 saturated carbocycles. The van der Waals surface area contributed by atoms with Crippen LogP contribution < -0.4 is 0 Å². The van der Waals surface area contributed by atoms with Crippen LogP contribution in [0.25, 0.3) is 10.9 Å². The van der Waals surface area contributed by atoms with Crippen molar-refractivity contribution in [3.8, 4) is 0 Å². The van der Waals surface area contributed by atoms with Gasteiger partial charge in [0.25, 0.3) is 0 Å². The molecule has 0 aliphatic carbocycles. The molecule has 2 rings (SSSR count). The second-order valence-electron chi connectivity index (χ2n) is 3.10. The van der Waals surface area contributed by atoms with Crippen molar-refractivity contribution >= 4 is 10.9 Å². The summed E-state index contributed by atoms with van der Waals surface area (Å²) in [4.78, 5) is 3.14. The van der Waals surface area contributed by atoms with E-state index in [-0.39, 0.29) is 5.76 Å². The van der Waals surface area contributed by atoms with Gasteiger partial charge in [0.1, 0.15) is 0 Å².